The Morgan fingerprint density at radius 2 is 2.19 bits per heavy atom. The van der Waals surface area contributed by atoms with E-state index in [0.29, 0.717) is 21.9 Å². The SMILES string of the molecule is NC(=O)c1nc(Cc2ccc3ncc(Cl)cc3c2)[nH]c1Br. The molecule has 3 rings (SSSR count). The number of aromatic amines is 1. The first-order valence-electron chi connectivity index (χ1n) is 6.11. The number of amides is 1. The van der Waals surface area contributed by atoms with E-state index in [9.17, 15) is 4.79 Å². The summed E-state index contributed by atoms with van der Waals surface area (Å²) < 4.78 is 0.496. The quantitative estimate of drug-likeness (QED) is 0.748. The molecule has 0 aliphatic rings. The van der Waals surface area contributed by atoms with Crippen LogP contribution in [0.1, 0.15) is 21.9 Å². The Kier molecular flexibility index (Phi) is 3.65. The number of aromatic nitrogens is 3. The molecular weight excluding hydrogens is 356 g/mol. The second kappa shape index (κ2) is 5.46. The van der Waals surface area contributed by atoms with Gasteiger partial charge in [-0.15, -0.1) is 0 Å². The summed E-state index contributed by atoms with van der Waals surface area (Å²) in [5.74, 6) is 0.0869. The lowest BCUT2D eigenvalue weighted by atomic mass is 10.1. The number of H-pyrrole nitrogens is 1. The molecule has 3 aromatic rings. The predicted octanol–water partition coefficient (Wildman–Crippen LogP) is 3.06. The maximum absolute atomic E-state index is 11.2. The summed E-state index contributed by atoms with van der Waals surface area (Å²) in [6.07, 6.45) is 2.17. The van der Waals surface area contributed by atoms with E-state index in [2.05, 4.69) is 30.9 Å². The Bertz CT molecular complexity index is 846. The van der Waals surface area contributed by atoms with Crippen LogP contribution in [0.25, 0.3) is 10.9 Å². The van der Waals surface area contributed by atoms with Crippen LogP contribution < -0.4 is 5.73 Å². The van der Waals surface area contributed by atoms with Gasteiger partial charge in [0, 0.05) is 18.0 Å². The molecule has 21 heavy (non-hydrogen) atoms. The second-order valence-electron chi connectivity index (χ2n) is 4.57. The van der Waals surface area contributed by atoms with Gasteiger partial charge >= 0.3 is 0 Å². The first-order chi connectivity index (χ1) is 10.0. The number of hydrogen-bond donors (Lipinski definition) is 2. The maximum atomic E-state index is 11.2. The zero-order valence-electron chi connectivity index (χ0n) is 10.7. The molecule has 2 aromatic heterocycles. The van der Waals surface area contributed by atoms with Crippen molar-refractivity contribution in [3.8, 4) is 0 Å². The van der Waals surface area contributed by atoms with E-state index in [1.807, 2.05) is 24.3 Å². The van der Waals surface area contributed by atoms with Crippen molar-refractivity contribution >= 4 is 44.3 Å². The molecule has 0 radical (unpaired) electrons. The molecule has 0 saturated carbocycles. The van der Waals surface area contributed by atoms with Gasteiger partial charge in [-0.05, 0) is 39.7 Å². The first-order valence-corrected chi connectivity index (χ1v) is 7.28. The minimum absolute atomic E-state index is 0.204. The summed E-state index contributed by atoms with van der Waals surface area (Å²) in [6.45, 7) is 0. The van der Waals surface area contributed by atoms with Crippen LogP contribution in [0.2, 0.25) is 5.02 Å². The van der Waals surface area contributed by atoms with Crippen molar-refractivity contribution in [1.82, 2.24) is 15.0 Å². The van der Waals surface area contributed by atoms with Crippen LogP contribution in [-0.4, -0.2) is 20.9 Å². The number of pyridine rings is 1. The van der Waals surface area contributed by atoms with E-state index < -0.39 is 5.91 Å². The Hall–Kier alpha value is -1.92. The van der Waals surface area contributed by atoms with E-state index >= 15 is 0 Å². The van der Waals surface area contributed by atoms with Gasteiger partial charge in [0.05, 0.1) is 10.5 Å². The van der Waals surface area contributed by atoms with Gasteiger partial charge < -0.3 is 10.7 Å². The number of carbonyl (C=O) groups excluding carboxylic acids is 1. The van der Waals surface area contributed by atoms with Crippen LogP contribution in [0, 0.1) is 0 Å². The van der Waals surface area contributed by atoms with Crippen LogP contribution in [0.5, 0.6) is 0 Å². The molecule has 0 spiro atoms. The van der Waals surface area contributed by atoms with Gasteiger partial charge in [0.15, 0.2) is 5.69 Å². The average Bonchev–Trinajstić information content (AvgIpc) is 2.79. The van der Waals surface area contributed by atoms with Gasteiger partial charge in [0.2, 0.25) is 0 Å². The molecule has 3 N–H and O–H groups in total. The highest BCUT2D eigenvalue weighted by molar-refractivity contribution is 9.10. The van der Waals surface area contributed by atoms with E-state index in [-0.39, 0.29) is 5.69 Å². The lowest BCUT2D eigenvalue weighted by Crippen LogP contribution is -2.12. The second-order valence-corrected chi connectivity index (χ2v) is 5.80. The number of primary amides is 1. The summed E-state index contributed by atoms with van der Waals surface area (Å²) in [4.78, 5) is 22.6. The van der Waals surface area contributed by atoms with E-state index in [1.54, 1.807) is 6.20 Å². The Morgan fingerprint density at radius 3 is 2.90 bits per heavy atom. The largest absolute Gasteiger partial charge is 0.364 e. The molecule has 0 aliphatic carbocycles. The average molecular weight is 366 g/mol. The summed E-state index contributed by atoms with van der Waals surface area (Å²) in [5.41, 5.74) is 7.35. The Morgan fingerprint density at radius 1 is 1.38 bits per heavy atom. The Balaban J connectivity index is 1.94. The van der Waals surface area contributed by atoms with Crippen LogP contribution in [0.3, 0.4) is 0 Å². The molecule has 0 fully saturated rings. The van der Waals surface area contributed by atoms with Gasteiger partial charge in [0.1, 0.15) is 10.4 Å². The molecule has 2 heterocycles. The van der Waals surface area contributed by atoms with Crippen molar-refractivity contribution in [1.29, 1.82) is 0 Å². The number of hydrogen-bond acceptors (Lipinski definition) is 3. The molecule has 5 nitrogen and oxygen atoms in total. The standard InChI is InChI=1S/C14H10BrClN4O/c15-13-12(14(17)21)19-11(20-13)4-7-1-2-10-8(3-7)5-9(16)6-18-10/h1-3,5-6H,4H2,(H2,17,21)(H,19,20). The number of halogens is 2. The molecule has 0 atom stereocenters. The number of imidazole rings is 1. The van der Waals surface area contributed by atoms with Crippen molar-refractivity contribution < 1.29 is 4.79 Å². The zero-order valence-corrected chi connectivity index (χ0v) is 13.1. The zero-order chi connectivity index (χ0) is 15.0. The smallest absolute Gasteiger partial charge is 0.270 e. The van der Waals surface area contributed by atoms with Gasteiger partial charge in [0.25, 0.3) is 5.91 Å². The normalized spacial score (nSPS) is 11.0. The van der Waals surface area contributed by atoms with Gasteiger partial charge in [-0.1, -0.05) is 17.7 Å². The van der Waals surface area contributed by atoms with Crippen LogP contribution >= 0.6 is 27.5 Å². The van der Waals surface area contributed by atoms with Crippen LogP contribution in [-0.2, 0) is 6.42 Å². The minimum Gasteiger partial charge on any atom is -0.364 e. The van der Waals surface area contributed by atoms with Crippen molar-refractivity contribution in [2.45, 2.75) is 6.42 Å². The number of nitrogens with zero attached hydrogens (tertiary/aromatic N) is 2. The molecule has 7 heteroatoms. The molecule has 0 saturated heterocycles. The van der Waals surface area contributed by atoms with Crippen molar-refractivity contribution in [3.63, 3.8) is 0 Å². The fourth-order valence-corrected chi connectivity index (χ4v) is 2.78. The predicted molar refractivity (Wildman–Crippen MR) is 84.4 cm³/mol. The van der Waals surface area contributed by atoms with Crippen molar-refractivity contribution in [2.24, 2.45) is 5.73 Å². The lowest BCUT2D eigenvalue weighted by Gasteiger charge is -2.02. The molecule has 1 amide bonds. The van der Waals surface area contributed by atoms with E-state index in [4.69, 9.17) is 17.3 Å². The molecule has 1 aromatic carbocycles. The van der Waals surface area contributed by atoms with Crippen molar-refractivity contribution in [2.75, 3.05) is 0 Å². The number of nitrogens with one attached hydrogen (secondary N) is 1. The number of carbonyl (C=O) groups is 1. The molecule has 0 unspecified atom stereocenters. The fraction of sp³-hybridized carbons (Fsp3) is 0.0714. The number of nitrogens with two attached hydrogens (primary N) is 1. The van der Waals surface area contributed by atoms with Crippen LogP contribution in [0.15, 0.2) is 35.1 Å². The summed E-state index contributed by atoms with van der Waals surface area (Å²) in [6, 6.07) is 7.74. The summed E-state index contributed by atoms with van der Waals surface area (Å²) in [7, 11) is 0. The van der Waals surface area contributed by atoms with Gasteiger partial charge in [-0.25, -0.2) is 4.98 Å². The molecule has 106 valence electrons. The van der Waals surface area contributed by atoms with Crippen LogP contribution in [0.4, 0.5) is 0 Å². The highest BCUT2D eigenvalue weighted by Crippen LogP contribution is 2.20. The monoisotopic (exact) mass is 364 g/mol. The molecule has 0 bridgehead atoms. The van der Waals surface area contributed by atoms with Gasteiger partial charge in [-0.3, -0.25) is 9.78 Å². The van der Waals surface area contributed by atoms with E-state index in [1.165, 1.54) is 0 Å². The number of benzene rings is 1. The van der Waals surface area contributed by atoms with Crippen molar-refractivity contribution in [3.05, 3.63) is 57.2 Å². The summed E-state index contributed by atoms with van der Waals surface area (Å²) >= 11 is 9.19. The third kappa shape index (κ3) is 2.91. The topological polar surface area (TPSA) is 84.7 Å². The molecule has 0 aliphatic heterocycles. The first kappa shape index (κ1) is 14.0. The fourth-order valence-electron chi connectivity index (χ4n) is 2.10. The maximum Gasteiger partial charge on any atom is 0.270 e. The summed E-state index contributed by atoms with van der Waals surface area (Å²) in [5, 5.41) is 1.55. The number of fused-ring (bicyclic) bond motifs is 1. The lowest BCUT2D eigenvalue weighted by molar-refractivity contribution is 0.0995. The van der Waals surface area contributed by atoms with E-state index in [0.717, 1.165) is 16.5 Å². The third-order valence-corrected chi connectivity index (χ3v) is 3.81. The highest BCUT2D eigenvalue weighted by Gasteiger charge is 2.13. The molecular formula is C14H10BrClN4O. The third-order valence-electron chi connectivity index (χ3n) is 3.03. The highest BCUT2D eigenvalue weighted by atomic mass is 79.9. The Labute approximate surface area is 133 Å². The minimum atomic E-state index is -0.570. The number of rotatable bonds is 3. The van der Waals surface area contributed by atoms with Gasteiger partial charge in [-0.2, -0.15) is 0 Å².